The number of rotatable bonds is 2. The molecule has 1 N–H and O–H groups in total. The second-order valence-corrected chi connectivity index (χ2v) is 5.61. The molecule has 0 amide bonds. The van der Waals surface area contributed by atoms with E-state index < -0.39 is 6.10 Å². The Morgan fingerprint density at radius 2 is 1.94 bits per heavy atom. The Labute approximate surface area is 104 Å². The van der Waals surface area contributed by atoms with Gasteiger partial charge in [-0.05, 0) is 49.2 Å². The first kappa shape index (κ1) is 11.6. The van der Waals surface area contributed by atoms with Crippen molar-refractivity contribution in [2.24, 2.45) is 0 Å². The minimum Gasteiger partial charge on any atom is -0.383 e. The van der Waals surface area contributed by atoms with Gasteiger partial charge < -0.3 is 5.11 Å². The van der Waals surface area contributed by atoms with Crippen molar-refractivity contribution in [1.29, 1.82) is 0 Å². The van der Waals surface area contributed by atoms with Crippen molar-refractivity contribution < 1.29 is 5.11 Å². The number of benzene rings is 1. The molecule has 0 unspecified atom stereocenters. The first-order chi connectivity index (χ1) is 7.58. The number of aliphatic hydroxyl groups excluding tert-OH is 1. The summed E-state index contributed by atoms with van der Waals surface area (Å²) < 4.78 is 0. The summed E-state index contributed by atoms with van der Waals surface area (Å²) in [5, 5.41) is 10.9. The predicted octanol–water partition coefficient (Wildman–Crippen LogP) is 4.10. The van der Waals surface area contributed by atoms with Crippen LogP contribution < -0.4 is 0 Å². The molecule has 1 heterocycles. The van der Waals surface area contributed by atoms with Crippen molar-refractivity contribution in [2.75, 3.05) is 0 Å². The Hall–Kier alpha value is -0.830. The number of hydrogen-bond donors (Lipinski definition) is 1. The van der Waals surface area contributed by atoms with Crippen LogP contribution in [-0.4, -0.2) is 5.11 Å². The molecule has 0 saturated heterocycles. The van der Waals surface area contributed by atoms with Gasteiger partial charge in [-0.25, -0.2) is 0 Å². The second kappa shape index (κ2) is 4.58. The van der Waals surface area contributed by atoms with E-state index in [0.29, 0.717) is 5.02 Å². The molecule has 0 aliphatic carbocycles. The standard InChI is InChI=1S/C13H13ClOS/c1-8-7-10(14)4-5-11(8)13(15)12-6-3-9(2)16-12/h3-7,13,15H,1-2H3/t13-/m1/s1. The molecule has 0 aliphatic heterocycles. The van der Waals surface area contributed by atoms with Gasteiger partial charge >= 0.3 is 0 Å². The molecule has 2 rings (SSSR count). The summed E-state index contributed by atoms with van der Waals surface area (Å²) in [6.07, 6.45) is -0.545. The first-order valence-corrected chi connectivity index (χ1v) is 6.28. The van der Waals surface area contributed by atoms with E-state index in [4.69, 9.17) is 11.6 Å². The molecular formula is C13H13ClOS. The van der Waals surface area contributed by atoms with Crippen LogP contribution in [0, 0.1) is 13.8 Å². The summed E-state index contributed by atoms with van der Waals surface area (Å²) in [6, 6.07) is 9.57. The predicted molar refractivity (Wildman–Crippen MR) is 69.3 cm³/mol. The molecule has 0 radical (unpaired) electrons. The summed E-state index contributed by atoms with van der Waals surface area (Å²) in [7, 11) is 0. The Kier molecular flexibility index (Phi) is 3.33. The molecule has 16 heavy (non-hydrogen) atoms. The molecular weight excluding hydrogens is 240 g/mol. The van der Waals surface area contributed by atoms with Crippen LogP contribution in [0.5, 0.6) is 0 Å². The summed E-state index contributed by atoms with van der Waals surface area (Å²) in [4.78, 5) is 2.18. The molecule has 0 aliphatic rings. The van der Waals surface area contributed by atoms with Crippen LogP contribution in [0.2, 0.25) is 5.02 Å². The van der Waals surface area contributed by atoms with Gasteiger partial charge in [-0.15, -0.1) is 11.3 Å². The average molecular weight is 253 g/mol. The largest absolute Gasteiger partial charge is 0.383 e. The lowest BCUT2D eigenvalue weighted by Gasteiger charge is -2.12. The van der Waals surface area contributed by atoms with Gasteiger partial charge in [-0.3, -0.25) is 0 Å². The van der Waals surface area contributed by atoms with Crippen LogP contribution in [0.3, 0.4) is 0 Å². The number of halogens is 1. The van der Waals surface area contributed by atoms with Gasteiger partial charge in [0.1, 0.15) is 6.10 Å². The van der Waals surface area contributed by atoms with Crippen LogP contribution in [0.1, 0.15) is 27.0 Å². The maximum atomic E-state index is 10.2. The molecule has 1 aromatic carbocycles. The lowest BCUT2D eigenvalue weighted by atomic mass is 10.0. The first-order valence-electron chi connectivity index (χ1n) is 5.08. The zero-order valence-electron chi connectivity index (χ0n) is 9.20. The van der Waals surface area contributed by atoms with Crippen molar-refractivity contribution >= 4 is 22.9 Å². The van der Waals surface area contributed by atoms with Gasteiger partial charge in [0.25, 0.3) is 0 Å². The maximum Gasteiger partial charge on any atom is 0.113 e. The lowest BCUT2D eigenvalue weighted by molar-refractivity contribution is 0.223. The van der Waals surface area contributed by atoms with Crippen molar-refractivity contribution in [2.45, 2.75) is 20.0 Å². The zero-order valence-corrected chi connectivity index (χ0v) is 10.8. The molecule has 84 valence electrons. The Morgan fingerprint density at radius 1 is 1.19 bits per heavy atom. The van der Waals surface area contributed by atoms with Crippen LogP contribution in [0.4, 0.5) is 0 Å². The minimum absolute atomic E-state index is 0.545. The van der Waals surface area contributed by atoms with E-state index in [2.05, 4.69) is 0 Å². The van der Waals surface area contributed by atoms with E-state index in [0.717, 1.165) is 16.0 Å². The van der Waals surface area contributed by atoms with Crippen LogP contribution in [0.15, 0.2) is 30.3 Å². The summed E-state index contributed by atoms with van der Waals surface area (Å²) in [5.41, 5.74) is 1.94. The smallest absolute Gasteiger partial charge is 0.113 e. The van der Waals surface area contributed by atoms with Gasteiger partial charge in [-0.1, -0.05) is 17.7 Å². The molecule has 2 aromatic rings. The molecule has 0 fully saturated rings. The summed E-state index contributed by atoms with van der Waals surface area (Å²) in [6.45, 7) is 4.00. The third-order valence-corrected chi connectivity index (χ3v) is 3.85. The molecule has 0 spiro atoms. The van der Waals surface area contributed by atoms with Crippen molar-refractivity contribution in [3.05, 3.63) is 56.2 Å². The van der Waals surface area contributed by atoms with Crippen LogP contribution in [0.25, 0.3) is 0 Å². The van der Waals surface area contributed by atoms with Crippen molar-refractivity contribution in [3.8, 4) is 0 Å². The van der Waals surface area contributed by atoms with Crippen LogP contribution in [-0.2, 0) is 0 Å². The summed E-state index contributed by atoms with van der Waals surface area (Å²) in [5.74, 6) is 0. The van der Waals surface area contributed by atoms with Gasteiger partial charge in [0.15, 0.2) is 0 Å². The minimum atomic E-state index is -0.545. The summed E-state index contributed by atoms with van der Waals surface area (Å²) >= 11 is 7.51. The second-order valence-electron chi connectivity index (χ2n) is 3.85. The van der Waals surface area contributed by atoms with Gasteiger partial charge in [0.05, 0.1) is 0 Å². The van der Waals surface area contributed by atoms with Crippen molar-refractivity contribution in [3.63, 3.8) is 0 Å². The highest BCUT2D eigenvalue weighted by molar-refractivity contribution is 7.12. The lowest BCUT2D eigenvalue weighted by Crippen LogP contribution is -1.99. The number of aryl methyl sites for hydroxylation is 2. The SMILES string of the molecule is Cc1ccc([C@H](O)c2ccc(Cl)cc2C)s1. The van der Waals surface area contributed by atoms with Gasteiger partial charge in [0.2, 0.25) is 0 Å². The number of aliphatic hydroxyl groups is 1. The van der Waals surface area contributed by atoms with Gasteiger partial charge in [-0.2, -0.15) is 0 Å². The van der Waals surface area contributed by atoms with E-state index in [1.165, 1.54) is 4.88 Å². The van der Waals surface area contributed by atoms with E-state index in [9.17, 15) is 5.11 Å². The number of hydrogen-bond acceptors (Lipinski definition) is 2. The quantitative estimate of drug-likeness (QED) is 0.853. The number of thiophene rings is 1. The zero-order chi connectivity index (χ0) is 11.7. The molecule has 1 atom stereocenters. The molecule has 0 bridgehead atoms. The third kappa shape index (κ3) is 2.29. The normalized spacial score (nSPS) is 12.8. The Bertz CT molecular complexity index is 504. The monoisotopic (exact) mass is 252 g/mol. The van der Waals surface area contributed by atoms with E-state index in [1.807, 2.05) is 44.2 Å². The third-order valence-electron chi connectivity index (χ3n) is 2.56. The fraction of sp³-hybridized carbons (Fsp3) is 0.231. The van der Waals surface area contributed by atoms with Crippen LogP contribution >= 0.6 is 22.9 Å². The molecule has 1 aromatic heterocycles. The molecule has 1 nitrogen and oxygen atoms in total. The topological polar surface area (TPSA) is 20.2 Å². The van der Waals surface area contributed by atoms with Crippen molar-refractivity contribution in [1.82, 2.24) is 0 Å². The average Bonchev–Trinajstić information content (AvgIpc) is 2.64. The Morgan fingerprint density at radius 3 is 2.50 bits per heavy atom. The Balaban J connectivity index is 2.37. The highest BCUT2D eigenvalue weighted by Crippen LogP contribution is 2.30. The fourth-order valence-corrected chi connectivity index (χ4v) is 2.81. The fourth-order valence-electron chi connectivity index (χ4n) is 1.70. The van der Waals surface area contributed by atoms with E-state index in [1.54, 1.807) is 11.3 Å². The van der Waals surface area contributed by atoms with E-state index in [-0.39, 0.29) is 0 Å². The van der Waals surface area contributed by atoms with E-state index >= 15 is 0 Å². The molecule has 0 saturated carbocycles. The molecule has 3 heteroatoms. The maximum absolute atomic E-state index is 10.2. The van der Waals surface area contributed by atoms with Gasteiger partial charge in [0, 0.05) is 14.8 Å². The highest BCUT2D eigenvalue weighted by Gasteiger charge is 2.14. The highest BCUT2D eigenvalue weighted by atomic mass is 35.5.